The molecule has 0 saturated carbocycles. The van der Waals surface area contributed by atoms with Crippen LogP contribution in [-0.4, -0.2) is 117 Å². The normalized spacial score (nSPS) is 13.3. The lowest BCUT2D eigenvalue weighted by atomic mass is 10.0. The Balaban J connectivity index is 1.81. The Morgan fingerprint density at radius 3 is 0.966 bits per heavy atom. The topological polar surface area (TPSA) is 347 Å². The van der Waals surface area contributed by atoms with Gasteiger partial charge in [0.15, 0.2) is 0 Å². The number of hydrogen-bond donors (Lipinski definition) is 6. The number of azide groups is 1. The molecule has 0 aromatic heterocycles. The van der Waals surface area contributed by atoms with Gasteiger partial charge in [0, 0.05) is 58.8 Å². The summed E-state index contributed by atoms with van der Waals surface area (Å²) in [5.74, 6) is -5.80. The second-order valence-corrected chi connectivity index (χ2v) is 26.5. The van der Waals surface area contributed by atoms with E-state index in [0.717, 1.165) is 0 Å². The van der Waals surface area contributed by atoms with Crippen LogP contribution in [0.25, 0.3) is 10.4 Å². The van der Waals surface area contributed by atoms with E-state index in [1.165, 1.54) is 42.5 Å². The number of nitrogens with one attached hydrogen (secondary N) is 6. The van der Waals surface area contributed by atoms with Gasteiger partial charge in [0.05, 0.1) is 0 Å². The standard InChI is InChI=1S/C62H87N9O16/c1-57(2,3)82-47(72)29-27-43(51(76)84-59(7,8)9)66-55(80)68-45(53(78)86-61(13,14)15)31-36-19-23-40(24-20-36)64-49(74)38-33-39(35-42(34-38)70-71-63)50(75)65-41-25-21-37(22-26-41)32-46(54(79)87-62(16,17)18)69-56(81)67-44(52(77)85-60(10,11)12)28-30-48(73)83-58(4,5)6/h19-26,33-35,43-46H,27-32H2,1-18H3,(H,64,74)(H,65,75)(H2,66,68,80)(H2,67,69,81)/t43-,44-,45-,46-/m0/s1. The van der Waals surface area contributed by atoms with E-state index in [-0.39, 0.29) is 66.7 Å². The average Bonchev–Trinajstić information content (AvgIpc) is 1.95. The molecule has 0 radical (unpaired) electrons. The average molecular weight is 1210 g/mol. The first-order valence-corrected chi connectivity index (χ1v) is 28.3. The zero-order valence-electron chi connectivity index (χ0n) is 53.3. The molecule has 0 spiro atoms. The summed E-state index contributed by atoms with van der Waals surface area (Å²) in [6.07, 6.45) is -1.01. The number of amides is 6. The first kappa shape index (κ1) is 72.5. The lowest BCUT2D eigenvalue weighted by Gasteiger charge is -2.27. The molecule has 3 aromatic carbocycles. The lowest BCUT2D eigenvalue weighted by molar-refractivity contribution is -0.160. The van der Waals surface area contributed by atoms with Crippen molar-refractivity contribution in [3.63, 3.8) is 0 Å². The van der Waals surface area contributed by atoms with Crippen molar-refractivity contribution in [3.05, 3.63) is 99.4 Å². The molecule has 0 aliphatic rings. The second-order valence-electron chi connectivity index (χ2n) is 26.5. The van der Waals surface area contributed by atoms with Gasteiger partial charge in [0.25, 0.3) is 11.8 Å². The van der Waals surface area contributed by atoms with Crippen LogP contribution in [0, 0.1) is 0 Å². The summed E-state index contributed by atoms with van der Waals surface area (Å²) in [6.45, 7) is 30.0. The number of esters is 6. The third-order valence-electron chi connectivity index (χ3n) is 11.0. The third-order valence-corrected chi connectivity index (χ3v) is 11.0. The fourth-order valence-electron chi connectivity index (χ4n) is 7.71. The van der Waals surface area contributed by atoms with E-state index in [4.69, 9.17) is 28.4 Å². The quantitative estimate of drug-likeness (QED) is 0.0169. The van der Waals surface area contributed by atoms with Crippen molar-refractivity contribution < 1.29 is 76.4 Å². The number of carbonyl (C=O) groups is 10. The van der Waals surface area contributed by atoms with Crippen LogP contribution in [0.2, 0.25) is 0 Å². The molecule has 0 bridgehead atoms. The van der Waals surface area contributed by atoms with Crippen molar-refractivity contribution in [2.75, 3.05) is 10.6 Å². The van der Waals surface area contributed by atoms with Gasteiger partial charge in [-0.1, -0.05) is 29.4 Å². The van der Waals surface area contributed by atoms with Gasteiger partial charge >= 0.3 is 47.9 Å². The van der Waals surface area contributed by atoms with Crippen LogP contribution in [0.3, 0.4) is 0 Å². The molecule has 6 amide bonds. The molecule has 0 aliphatic carbocycles. The van der Waals surface area contributed by atoms with Gasteiger partial charge in [-0.25, -0.2) is 28.8 Å². The Hall–Kier alpha value is -8.73. The van der Waals surface area contributed by atoms with Crippen molar-refractivity contribution in [1.82, 2.24) is 21.3 Å². The summed E-state index contributed by atoms with van der Waals surface area (Å²) in [7, 11) is 0. The molecule has 4 atom stereocenters. The van der Waals surface area contributed by atoms with E-state index in [1.54, 1.807) is 149 Å². The largest absolute Gasteiger partial charge is 0.460 e. The van der Waals surface area contributed by atoms with E-state index in [9.17, 15) is 53.5 Å². The molecular formula is C62H87N9O16. The lowest BCUT2D eigenvalue weighted by Crippen LogP contribution is -2.53. The van der Waals surface area contributed by atoms with Gasteiger partial charge in [0.1, 0.15) is 57.8 Å². The zero-order chi connectivity index (χ0) is 66.0. The maximum Gasteiger partial charge on any atom is 0.329 e. The molecule has 0 saturated heterocycles. The fraction of sp³-hybridized carbons (Fsp3) is 0.548. The summed E-state index contributed by atoms with van der Waals surface area (Å²) in [4.78, 5) is 136. The van der Waals surface area contributed by atoms with Gasteiger partial charge in [0.2, 0.25) is 0 Å². The number of rotatable bonds is 23. The Kier molecular flexibility index (Phi) is 25.5. The SMILES string of the molecule is CC(C)(C)OC(=O)CC[C@H](NC(=O)N[C@@H](Cc1ccc(NC(=O)c2cc(N=[N+]=[N-])cc(C(=O)Nc3ccc(C[C@H](NC(=O)N[C@@H](CCC(=O)OC(C)(C)C)C(=O)OC(C)(C)C)C(=O)OC(C)(C)C)cc3)c2)cc1)C(=O)OC(C)(C)C)C(=O)OC(C)(C)C. The van der Waals surface area contributed by atoms with Crippen LogP contribution >= 0.6 is 0 Å². The molecule has 0 heterocycles. The molecule has 25 heteroatoms. The highest BCUT2D eigenvalue weighted by Crippen LogP contribution is 2.24. The van der Waals surface area contributed by atoms with Crippen molar-refractivity contribution in [2.45, 2.75) is 221 Å². The number of carbonyl (C=O) groups excluding carboxylic acids is 10. The minimum atomic E-state index is -1.30. The molecule has 0 aliphatic heterocycles. The van der Waals surface area contributed by atoms with Crippen LogP contribution in [-0.2, 0) is 70.0 Å². The van der Waals surface area contributed by atoms with E-state index in [2.05, 4.69) is 41.9 Å². The summed E-state index contributed by atoms with van der Waals surface area (Å²) >= 11 is 0. The highest BCUT2D eigenvalue weighted by atomic mass is 16.6. The Labute approximate surface area is 508 Å². The van der Waals surface area contributed by atoms with Crippen molar-refractivity contribution in [2.24, 2.45) is 5.11 Å². The molecule has 87 heavy (non-hydrogen) atoms. The summed E-state index contributed by atoms with van der Waals surface area (Å²) in [5.41, 5.74) is 5.36. The number of nitrogens with zero attached hydrogens (tertiary/aromatic N) is 3. The zero-order valence-corrected chi connectivity index (χ0v) is 53.3. The minimum Gasteiger partial charge on any atom is -0.460 e. The number of urea groups is 2. The van der Waals surface area contributed by atoms with Gasteiger partial charge in [-0.05, 0) is 197 Å². The van der Waals surface area contributed by atoms with Crippen molar-refractivity contribution in [1.29, 1.82) is 0 Å². The minimum absolute atomic E-state index is 0.0589. The number of anilines is 2. The van der Waals surface area contributed by atoms with Crippen molar-refractivity contribution >= 4 is 76.8 Å². The molecule has 6 N–H and O–H groups in total. The molecule has 0 fully saturated rings. The van der Waals surface area contributed by atoms with Gasteiger partial charge in [-0.15, -0.1) is 0 Å². The summed E-state index contributed by atoms with van der Waals surface area (Å²) in [6, 6.07) is 9.28. The summed E-state index contributed by atoms with van der Waals surface area (Å²) in [5, 5.41) is 19.3. The molecular weight excluding hydrogens is 1130 g/mol. The summed E-state index contributed by atoms with van der Waals surface area (Å²) < 4.78 is 33.0. The molecule has 476 valence electrons. The monoisotopic (exact) mass is 1210 g/mol. The maximum absolute atomic E-state index is 13.8. The number of benzene rings is 3. The maximum atomic E-state index is 13.8. The van der Waals surface area contributed by atoms with Crippen LogP contribution < -0.4 is 31.9 Å². The van der Waals surface area contributed by atoms with Gasteiger partial charge in [-0.2, -0.15) is 0 Å². The van der Waals surface area contributed by atoms with Gasteiger partial charge in [-0.3, -0.25) is 19.2 Å². The Bertz CT molecular complexity index is 2820. The molecule has 0 unspecified atom stereocenters. The number of hydrogen-bond acceptors (Lipinski definition) is 17. The Morgan fingerprint density at radius 2 is 0.690 bits per heavy atom. The van der Waals surface area contributed by atoms with Crippen LogP contribution in [0.1, 0.15) is 182 Å². The highest BCUT2D eigenvalue weighted by molar-refractivity contribution is 6.09. The van der Waals surface area contributed by atoms with Gasteiger partial charge < -0.3 is 60.3 Å². The van der Waals surface area contributed by atoms with Crippen LogP contribution in [0.15, 0.2) is 71.8 Å². The molecule has 3 aromatic rings. The fourth-order valence-corrected chi connectivity index (χ4v) is 7.71. The highest BCUT2D eigenvalue weighted by Gasteiger charge is 2.34. The van der Waals surface area contributed by atoms with E-state index in [0.29, 0.717) is 11.1 Å². The van der Waals surface area contributed by atoms with E-state index >= 15 is 0 Å². The predicted octanol–water partition coefficient (Wildman–Crippen LogP) is 9.90. The van der Waals surface area contributed by atoms with E-state index < -0.39 is 117 Å². The smallest absolute Gasteiger partial charge is 0.329 e. The second kappa shape index (κ2) is 30.6. The third kappa shape index (κ3) is 29.3. The van der Waals surface area contributed by atoms with Crippen molar-refractivity contribution in [3.8, 4) is 0 Å². The van der Waals surface area contributed by atoms with Crippen LogP contribution in [0.5, 0.6) is 0 Å². The number of ether oxygens (including phenoxy) is 6. The molecule has 3 rings (SSSR count). The van der Waals surface area contributed by atoms with Crippen LogP contribution in [0.4, 0.5) is 26.7 Å². The predicted molar refractivity (Wildman–Crippen MR) is 323 cm³/mol. The van der Waals surface area contributed by atoms with E-state index in [1.807, 2.05) is 0 Å². The Morgan fingerprint density at radius 1 is 0.414 bits per heavy atom. The first-order chi connectivity index (χ1) is 39.8. The first-order valence-electron chi connectivity index (χ1n) is 28.3. The molecule has 25 nitrogen and oxygen atoms in total.